The predicted molar refractivity (Wildman–Crippen MR) is 55.6 cm³/mol. The van der Waals surface area contributed by atoms with Crippen LogP contribution in [0.4, 0.5) is 0 Å². The molecule has 0 N–H and O–H groups in total. The Morgan fingerprint density at radius 1 is 1.23 bits per heavy atom. The van der Waals surface area contributed by atoms with Gasteiger partial charge in [-0.15, -0.1) is 0 Å². The number of hydrogen-bond acceptors (Lipinski definition) is 1. The average molecular weight is 180 g/mol. The summed E-state index contributed by atoms with van der Waals surface area (Å²) in [6, 6.07) is 0. The van der Waals surface area contributed by atoms with Gasteiger partial charge in [-0.3, -0.25) is 4.68 Å². The maximum Gasteiger partial charge on any atom is 0.0521 e. The summed E-state index contributed by atoms with van der Waals surface area (Å²) in [6.07, 6.45) is 5.29. The van der Waals surface area contributed by atoms with Crippen molar-refractivity contribution in [3.8, 4) is 0 Å². The highest BCUT2D eigenvalue weighted by Crippen LogP contribution is 2.07. The zero-order chi connectivity index (χ0) is 9.84. The summed E-state index contributed by atoms with van der Waals surface area (Å²) >= 11 is 0. The van der Waals surface area contributed by atoms with E-state index in [2.05, 4.69) is 39.0 Å². The van der Waals surface area contributed by atoms with Gasteiger partial charge in [-0.25, -0.2) is 0 Å². The second kappa shape index (κ2) is 4.45. The van der Waals surface area contributed by atoms with E-state index in [1.54, 1.807) is 0 Å². The van der Waals surface area contributed by atoms with Gasteiger partial charge in [0.2, 0.25) is 0 Å². The van der Waals surface area contributed by atoms with Crippen LogP contribution in [0.3, 0.4) is 0 Å². The van der Waals surface area contributed by atoms with Gasteiger partial charge in [0.05, 0.1) is 6.20 Å². The minimum Gasteiger partial charge on any atom is -0.272 e. The van der Waals surface area contributed by atoms with Crippen molar-refractivity contribution in [1.82, 2.24) is 9.78 Å². The lowest BCUT2D eigenvalue weighted by Crippen LogP contribution is -2.04. The van der Waals surface area contributed by atoms with Crippen molar-refractivity contribution in [3.05, 3.63) is 18.0 Å². The topological polar surface area (TPSA) is 17.8 Å². The Morgan fingerprint density at radius 3 is 2.46 bits per heavy atom. The highest BCUT2D eigenvalue weighted by atomic mass is 15.3. The first-order valence-electron chi connectivity index (χ1n) is 5.09. The van der Waals surface area contributed by atoms with Crippen LogP contribution >= 0.6 is 0 Å². The minimum absolute atomic E-state index is 0.673. The molecule has 1 rings (SSSR count). The van der Waals surface area contributed by atoms with Gasteiger partial charge in [0.15, 0.2) is 0 Å². The van der Waals surface area contributed by atoms with E-state index in [1.807, 2.05) is 10.9 Å². The van der Waals surface area contributed by atoms with Crippen LogP contribution in [0.5, 0.6) is 0 Å². The van der Waals surface area contributed by atoms with E-state index < -0.39 is 0 Å². The molecule has 1 aromatic heterocycles. The lowest BCUT2D eigenvalue weighted by atomic mass is 10.1. The number of nitrogens with zero attached hydrogens (tertiary/aromatic N) is 2. The van der Waals surface area contributed by atoms with Crippen LogP contribution in [-0.2, 0) is 13.0 Å². The van der Waals surface area contributed by atoms with Crippen molar-refractivity contribution >= 4 is 0 Å². The first-order valence-corrected chi connectivity index (χ1v) is 5.09. The summed E-state index contributed by atoms with van der Waals surface area (Å²) in [5.74, 6) is 1.39. The minimum atomic E-state index is 0.673. The van der Waals surface area contributed by atoms with Crippen LogP contribution < -0.4 is 0 Å². The molecule has 0 radical (unpaired) electrons. The van der Waals surface area contributed by atoms with Gasteiger partial charge in [0, 0.05) is 12.7 Å². The molecule has 1 aromatic rings. The van der Waals surface area contributed by atoms with Gasteiger partial charge < -0.3 is 0 Å². The number of aromatic nitrogens is 2. The normalized spacial score (nSPS) is 11.5. The fourth-order valence-corrected chi connectivity index (χ4v) is 1.46. The Bertz CT molecular complexity index is 224. The molecule has 0 aliphatic carbocycles. The van der Waals surface area contributed by atoms with Crippen molar-refractivity contribution in [1.29, 1.82) is 0 Å². The molecule has 0 aromatic carbocycles. The molecule has 1 heterocycles. The van der Waals surface area contributed by atoms with E-state index in [-0.39, 0.29) is 0 Å². The highest BCUT2D eigenvalue weighted by molar-refractivity contribution is 5.04. The summed E-state index contributed by atoms with van der Waals surface area (Å²) in [5.41, 5.74) is 1.36. The molecule has 2 heteroatoms. The second-order valence-corrected chi connectivity index (χ2v) is 4.56. The smallest absolute Gasteiger partial charge is 0.0521 e. The maximum absolute atomic E-state index is 4.33. The SMILES string of the molecule is CC(C)Cc1cnn(CC(C)C)c1. The third-order valence-electron chi connectivity index (χ3n) is 1.88. The van der Waals surface area contributed by atoms with Crippen molar-refractivity contribution in [2.24, 2.45) is 11.8 Å². The van der Waals surface area contributed by atoms with E-state index in [0.29, 0.717) is 5.92 Å². The molecule has 0 bridgehead atoms. The van der Waals surface area contributed by atoms with E-state index in [1.165, 1.54) is 5.56 Å². The fourth-order valence-electron chi connectivity index (χ4n) is 1.46. The maximum atomic E-state index is 4.33. The molecular weight excluding hydrogens is 160 g/mol. The van der Waals surface area contributed by atoms with Gasteiger partial charge in [-0.1, -0.05) is 27.7 Å². The Labute approximate surface area is 81.0 Å². The highest BCUT2D eigenvalue weighted by Gasteiger charge is 2.02. The van der Waals surface area contributed by atoms with E-state index in [0.717, 1.165) is 18.9 Å². The molecule has 0 atom stereocenters. The van der Waals surface area contributed by atoms with Crippen molar-refractivity contribution < 1.29 is 0 Å². The Morgan fingerprint density at radius 2 is 1.92 bits per heavy atom. The molecule has 0 unspecified atom stereocenters. The number of rotatable bonds is 4. The molecule has 0 amide bonds. The quantitative estimate of drug-likeness (QED) is 0.696. The summed E-state index contributed by atoms with van der Waals surface area (Å²) in [7, 11) is 0. The Hall–Kier alpha value is -0.790. The van der Waals surface area contributed by atoms with Crippen LogP contribution in [-0.4, -0.2) is 9.78 Å². The molecule has 0 aliphatic rings. The summed E-state index contributed by atoms with van der Waals surface area (Å²) in [5, 5.41) is 4.33. The van der Waals surface area contributed by atoms with E-state index >= 15 is 0 Å². The van der Waals surface area contributed by atoms with Gasteiger partial charge in [0.25, 0.3) is 0 Å². The monoisotopic (exact) mass is 180 g/mol. The molecule has 2 nitrogen and oxygen atoms in total. The predicted octanol–water partition coefficient (Wildman–Crippen LogP) is 2.74. The van der Waals surface area contributed by atoms with Crippen molar-refractivity contribution in [2.45, 2.75) is 40.7 Å². The van der Waals surface area contributed by atoms with Gasteiger partial charge >= 0.3 is 0 Å². The molecular formula is C11H20N2. The lowest BCUT2D eigenvalue weighted by molar-refractivity contribution is 0.482. The Balaban J connectivity index is 2.53. The van der Waals surface area contributed by atoms with Crippen molar-refractivity contribution in [2.75, 3.05) is 0 Å². The molecule has 0 saturated carbocycles. The zero-order valence-corrected chi connectivity index (χ0v) is 9.12. The molecule has 0 spiro atoms. The zero-order valence-electron chi connectivity index (χ0n) is 9.12. The molecule has 0 fully saturated rings. The second-order valence-electron chi connectivity index (χ2n) is 4.56. The summed E-state index contributed by atoms with van der Waals surface area (Å²) in [4.78, 5) is 0. The third kappa shape index (κ3) is 3.62. The van der Waals surface area contributed by atoms with Crippen LogP contribution in [0, 0.1) is 11.8 Å². The molecule has 0 saturated heterocycles. The average Bonchev–Trinajstić information content (AvgIpc) is 2.33. The standard InChI is InChI=1S/C11H20N2/c1-9(2)5-11-6-12-13(8-11)7-10(3)4/h6,8-10H,5,7H2,1-4H3. The van der Waals surface area contributed by atoms with Crippen LogP contribution in [0.2, 0.25) is 0 Å². The molecule has 74 valence electrons. The first kappa shape index (κ1) is 10.3. The first-order chi connectivity index (χ1) is 6.08. The van der Waals surface area contributed by atoms with E-state index in [4.69, 9.17) is 0 Å². The summed E-state index contributed by atoms with van der Waals surface area (Å²) < 4.78 is 2.04. The van der Waals surface area contributed by atoms with Crippen molar-refractivity contribution in [3.63, 3.8) is 0 Å². The van der Waals surface area contributed by atoms with Crippen LogP contribution in [0.15, 0.2) is 12.4 Å². The largest absolute Gasteiger partial charge is 0.272 e. The van der Waals surface area contributed by atoms with Gasteiger partial charge in [-0.05, 0) is 23.8 Å². The van der Waals surface area contributed by atoms with Gasteiger partial charge in [0.1, 0.15) is 0 Å². The Kier molecular flexibility index (Phi) is 3.52. The summed E-state index contributed by atoms with van der Waals surface area (Å²) in [6.45, 7) is 9.92. The van der Waals surface area contributed by atoms with Crippen LogP contribution in [0.1, 0.15) is 33.3 Å². The van der Waals surface area contributed by atoms with Crippen LogP contribution in [0.25, 0.3) is 0 Å². The number of hydrogen-bond donors (Lipinski definition) is 0. The molecule has 13 heavy (non-hydrogen) atoms. The van der Waals surface area contributed by atoms with Gasteiger partial charge in [-0.2, -0.15) is 5.10 Å². The van der Waals surface area contributed by atoms with E-state index in [9.17, 15) is 0 Å². The lowest BCUT2D eigenvalue weighted by Gasteiger charge is -2.03. The third-order valence-corrected chi connectivity index (χ3v) is 1.88. The molecule has 0 aliphatic heterocycles. The fraction of sp³-hybridized carbons (Fsp3) is 0.727.